The number of hydrogen-bond acceptors (Lipinski definition) is 4. The van der Waals surface area contributed by atoms with Gasteiger partial charge in [-0.1, -0.05) is 24.3 Å². The molecule has 1 atom stereocenters. The van der Waals surface area contributed by atoms with Gasteiger partial charge in [0, 0.05) is 32.3 Å². The van der Waals surface area contributed by atoms with Crippen molar-refractivity contribution in [1.82, 2.24) is 9.88 Å². The number of aliphatic hydroxyl groups is 1. The number of benzene rings is 1. The smallest absolute Gasteiger partial charge is 0.272 e. The van der Waals surface area contributed by atoms with E-state index in [0.717, 1.165) is 10.8 Å². The monoisotopic (exact) mass is 274 g/mol. The second kappa shape index (κ2) is 6.45. The Balaban J connectivity index is 2.23. The predicted molar refractivity (Wildman–Crippen MR) is 76.6 cm³/mol. The van der Waals surface area contributed by atoms with Gasteiger partial charge in [0.25, 0.3) is 5.91 Å². The van der Waals surface area contributed by atoms with E-state index in [1.165, 1.54) is 12.0 Å². The molecule has 0 radical (unpaired) electrons. The number of aliphatic hydroxyl groups excluding tert-OH is 1. The van der Waals surface area contributed by atoms with Gasteiger partial charge in [-0.2, -0.15) is 0 Å². The summed E-state index contributed by atoms with van der Waals surface area (Å²) in [7, 11) is 3.15. The number of ether oxygens (including phenoxy) is 1. The molecule has 1 aromatic heterocycles. The van der Waals surface area contributed by atoms with Crippen molar-refractivity contribution in [3.63, 3.8) is 0 Å². The predicted octanol–water partition coefficient (Wildman–Crippen LogP) is 1.31. The van der Waals surface area contributed by atoms with Crippen LogP contribution < -0.4 is 0 Å². The summed E-state index contributed by atoms with van der Waals surface area (Å²) < 4.78 is 4.86. The number of amides is 1. The van der Waals surface area contributed by atoms with Gasteiger partial charge in [-0.3, -0.25) is 9.78 Å². The van der Waals surface area contributed by atoms with Crippen molar-refractivity contribution in [1.29, 1.82) is 0 Å². The topological polar surface area (TPSA) is 62.7 Å². The standard InChI is InChI=1S/C15H18N2O3/c1-17(9-12(18)10-20-2)15(19)14-13-6-4-3-5-11(13)7-8-16-14/h3-8,12,18H,9-10H2,1-2H3. The van der Waals surface area contributed by atoms with E-state index in [1.54, 1.807) is 13.2 Å². The molecule has 106 valence electrons. The number of carbonyl (C=O) groups excluding carboxylic acids is 1. The van der Waals surface area contributed by atoms with Gasteiger partial charge in [-0.25, -0.2) is 0 Å². The number of pyridine rings is 1. The second-order valence-electron chi connectivity index (χ2n) is 4.68. The summed E-state index contributed by atoms with van der Waals surface area (Å²) in [4.78, 5) is 18.0. The Bertz CT molecular complexity index is 595. The molecule has 5 nitrogen and oxygen atoms in total. The molecule has 0 fully saturated rings. The Morgan fingerprint density at radius 2 is 2.15 bits per heavy atom. The number of hydrogen-bond donors (Lipinski definition) is 1. The van der Waals surface area contributed by atoms with Crippen LogP contribution in [0.25, 0.3) is 10.8 Å². The first-order valence-electron chi connectivity index (χ1n) is 6.39. The lowest BCUT2D eigenvalue weighted by atomic mass is 10.1. The fourth-order valence-electron chi connectivity index (χ4n) is 2.11. The van der Waals surface area contributed by atoms with Crippen LogP contribution in [0.3, 0.4) is 0 Å². The van der Waals surface area contributed by atoms with Crippen molar-refractivity contribution in [2.75, 3.05) is 27.3 Å². The summed E-state index contributed by atoms with van der Waals surface area (Å²) in [6.07, 6.45) is 0.915. The number of rotatable bonds is 5. The molecule has 1 amide bonds. The number of methoxy groups -OCH3 is 1. The van der Waals surface area contributed by atoms with Crippen LogP contribution in [0.1, 0.15) is 10.5 Å². The average Bonchev–Trinajstić information content (AvgIpc) is 2.46. The molecular formula is C15H18N2O3. The number of nitrogens with zero attached hydrogens (tertiary/aromatic N) is 2. The van der Waals surface area contributed by atoms with Crippen molar-refractivity contribution >= 4 is 16.7 Å². The number of carbonyl (C=O) groups is 1. The zero-order valence-electron chi connectivity index (χ0n) is 11.6. The molecule has 1 N–H and O–H groups in total. The minimum Gasteiger partial charge on any atom is -0.389 e. The molecule has 1 unspecified atom stereocenters. The van der Waals surface area contributed by atoms with E-state index in [1.807, 2.05) is 30.3 Å². The van der Waals surface area contributed by atoms with Crippen LogP contribution in [0.4, 0.5) is 0 Å². The Morgan fingerprint density at radius 3 is 2.90 bits per heavy atom. The molecule has 5 heteroatoms. The van der Waals surface area contributed by atoms with E-state index < -0.39 is 6.10 Å². The highest BCUT2D eigenvalue weighted by molar-refractivity contribution is 6.05. The fourth-order valence-corrected chi connectivity index (χ4v) is 2.11. The average molecular weight is 274 g/mol. The lowest BCUT2D eigenvalue weighted by Gasteiger charge is -2.20. The Morgan fingerprint density at radius 1 is 1.40 bits per heavy atom. The zero-order valence-corrected chi connectivity index (χ0v) is 11.6. The van der Waals surface area contributed by atoms with Gasteiger partial charge in [0.1, 0.15) is 5.69 Å². The highest BCUT2D eigenvalue weighted by atomic mass is 16.5. The van der Waals surface area contributed by atoms with Crippen molar-refractivity contribution in [3.8, 4) is 0 Å². The van der Waals surface area contributed by atoms with Crippen molar-refractivity contribution in [2.24, 2.45) is 0 Å². The zero-order chi connectivity index (χ0) is 14.5. The summed E-state index contributed by atoms with van der Waals surface area (Å²) in [5.41, 5.74) is 0.398. The quantitative estimate of drug-likeness (QED) is 0.893. The second-order valence-corrected chi connectivity index (χ2v) is 4.68. The molecule has 0 aliphatic carbocycles. The van der Waals surface area contributed by atoms with E-state index in [0.29, 0.717) is 5.69 Å². The van der Waals surface area contributed by atoms with E-state index >= 15 is 0 Å². The van der Waals surface area contributed by atoms with E-state index in [-0.39, 0.29) is 19.1 Å². The number of fused-ring (bicyclic) bond motifs is 1. The highest BCUT2D eigenvalue weighted by Crippen LogP contribution is 2.17. The molecule has 0 spiro atoms. The van der Waals surface area contributed by atoms with Gasteiger partial charge in [0.05, 0.1) is 12.7 Å². The summed E-state index contributed by atoms with van der Waals surface area (Å²) >= 11 is 0. The van der Waals surface area contributed by atoms with Crippen molar-refractivity contribution in [3.05, 3.63) is 42.2 Å². The van der Waals surface area contributed by atoms with Crippen LogP contribution in [0, 0.1) is 0 Å². The molecule has 0 aliphatic rings. The van der Waals surface area contributed by atoms with Gasteiger partial charge < -0.3 is 14.7 Å². The van der Waals surface area contributed by atoms with Gasteiger partial charge in [-0.05, 0) is 11.5 Å². The third-order valence-electron chi connectivity index (χ3n) is 3.07. The molecule has 1 aromatic carbocycles. The van der Waals surface area contributed by atoms with Crippen molar-refractivity contribution in [2.45, 2.75) is 6.10 Å². The molecule has 0 bridgehead atoms. The van der Waals surface area contributed by atoms with Gasteiger partial charge in [0.2, 0.25) is 0 Å². The molecular weight excluding hydrogens is 256 g/mol. The van der Waals surface area contributed by atoms with Crippen molar-refractivity contribution < 1.29 is 14.6 Å². The van der Waals surface area contributed by atoms with Crippen LogP contribution in [-0.4, -0.2) is 54.3 Å². The van der Waals surface area contributed by atoms with Gasteiger partial charge in [-0.15, -0.1) is 0 Å². The molecule has 0 saturated carbocycles. The Labute approximate surface area is 117 Å². The normalized spacial score (nSPS) is 12.3. The summed E-state index contributed by atoms with van der Waals surface area (Å²) in [6, 6.07) is 9.47. The lowest BCUT2D eigenvalue weighted by molar-refractivity contribution is 0.0379. The highest BCUT2D eigenvalue weighted by Gasteiger charge is 2.18. The maximum absolute atomic E-state index is 12.4. The maximum atomic E-state index is 12.4. The van der Waals surface area contributed by atoms with Crippen LogP contribution >= 0.6 is 0 Å². The first kappa shape index (κ1) is 14.4. The molecule has 1 heterocycles. The fraction of sp³-hybridized carbons (Fsp3) is 0.333. The summed E-state index contributed by atoms with van der Waals surface area (Å²) in [6.45, 7) is 0.401. The Kier molecular flexibility index (Phi) is 4.65. The third-order valence-corrected chi connectivity index (χ3v) is 3.07. The maximum Gasteiger partial charge on any atom is 0.272 e. The van der Waals surface area contributed by atoms with E-state index in [2.05, 4.69) is 4.98 Å². The third kappa shape index (κ3) is 3.12. The number of aromatic nitrogens is 1. The Hall–Kier alpha value is -1.98. The lowest BCUT2D eigenvalue weighted by Crippen LogP contribution is -2.36. The minimum absolute atomic E-state index is 0.195. The molecule has 0 saturated heterocycles. The minimum atomic E-state index is -0.705. The summed E-state index contributed by atoms with van der Waals surface area (Å²) in [5, 5.41) is 11.5. The first-order chi connectivity index (χ1) is 9.63. The van der Waals surface area contributed by atoms with E-state index in [9.17, 15) is 9.90 Å². The summed E-state index contributed by atoms with van der Waals surface area (Å²) in [5.74, 6) is -0.211. The molecule has 20 heavy (non-hydrogen) atoms. The molecule has 2 rings (SSSR count). The van der Waals surface area contributed by atoms with Crippen LogP contribution in [0.15, 0.2) is 36.5 Å². The van der Waals surface area contributed by atoms with Crippen LogP contribution in [0.5, 0.6) is 0 Å². The largest absolute Gasteiger partial charge is 0.389 e. The molecule has 2 aromatic rings. The SMILES string of the molecule is COCC(O)CN(C)C(=O)c1nccc2ccccc12. The molecule has 0 aliphatic heterocycles. The first-order valence-corrected chi connectivity index (χ1v) is 6.39. The van der Waals surface area contributed by atoms with Crippen LogP contribution in [0.2, 0.25) is 0 Å². The van der Waals surface area contributed by atoms with Crippen LogP contribution in [-0.2, 0) is 4.74 Å². The van der Waals surface area contributed by atoms with Gasteiger partial charge >= 0.3 is 0 Å². The number of likely N-dealkylation sites (N-methyl/N-ethyl adjacent to an activating group) is 1. The van der Waals surface area contributed by atoms with Gasteiger partial charge in [0.15, 0.2) is 0 Å². The van der Waals surface area contributed by atoms with E-state index in [4.69, 9.17) is 4.74 Å².